The molecule has 1 aliphatic heterocycles. The molecule has 0 bridgehead atoms. The van der Waals surface area contributed by atoms with Crippen LogP contribution in [0.25, 0.3) is 0 Å². The van der Waals surface area contributed by atoms with Crippen LogP contribution in [0.5, 0.6) is 0 Å². The highest BCUT2D eigenvalue weighted by Gasteiger charge is 2.05. The number of nitrogens with zero attached hydrogens (tertiary/aromatic N) is 1. The van der Waals surface area contributed by atoms with Crippen molar-refractivity contribution in [2.24, 2.45) is 4.99 Å². The van der Waals surface area contributed by atoms with Gasteiger partial charge in [-0.3, -0.25) is 14.6 Å². The molecule has 0 aromatic heterocycles. The van der Waals surface area contributed by atoms with Gasteiger partial charge in [-0.1, -0.05) is 0 Å². The van der Waals surface area contributed by atoms with Crippen molar-refractivity contribution in [1.29, 1.82) is 0 Å². The molecule has 0 atom stereocenters. The van der Waals surface area contributed by atoms with Gasteiger partial charge in [-0.25, -0.2) is 0 Å². The molecule has 0 aromatic carbocycles. The summed E-state index contributed by atoms with van der Waals surface area (Å²) in [6.45, 7) is 0. The largest absolute Gasteiger partial charge is 0.297 e. The monoisotopic (exact) mass is 123 g/mol. The zero-order valence-electron chi connectivity index (χ0n) is 4.70. The topological polar surface area (TPSA) is 46.5 Å². The number of rotatable bonds is 1. The van der Waals surface area contributed by atoms with Crippen LogP contribution in [0.1, 0.15) is 6.42 Å². The second-order valence-corrected chi connectivity index (χ2v) is 1.70. The molecule has 0 fully saturated rings. The van der Waals surface area contributed by atoms with Crippen LogP contribution in [0.2, 0.25) is 0 Å². The normalized spacial score (nSPS) is 17.3. The molecule has 9 heavy (non-hydrogen) atoms. The zero-order valence-corrected chi connectivity index (χ0v) is 4.70. The Balaban J connectivity index is 2.76. The molecule has 1 rings (SSSR count). The van der Waals surface area contributed by atoms with E-state index in [-0.39, 0.29) is 12.2 Å². The summed E-state index contributed by atoms with van der Waals surface area (Å²) >= 11 is 0. The minimum atomic E-state index is -0.0629. The van der Waals surface area contributed by atoms with E-state index in [4.69, 9.17) is 0 Å². The lowest BCUT2D eigenvalue weighted by atomic mass is 10.2. The Labute approximate surface area is 52.1 Å². The van der Waals surface area contributed by atoms with Crippen LogP contribution in [-0.4, -0.2) is 17.8 Å². The molecular weight excluding hydrogens is 118 g/mol. The van der Waals surface area contributed by atoms with Crippen molar-refractivity contribution in [3.63, 3.8) is 0 Å². The predicted molar refractivity (Wildman–Crippen MR) is 32.3 cm³/mol. The van der Waals surface area contributed by atoms with Crippen LogP contribution in [0.4, 0.5) is 0 Å². The van der Waals surface area contributed by atoms with Crippen molar-refractivity contribution in [2.45, 2.75) is 6.42 Å². The lowest BCUT2D eigenvalue weighted by Gasteiger charge is -1.96. The third-order valence-electron chi connectivity index (χ3n) is 0.992. The van der Waals surface area contributed by atoms with Crippen LogP contribution in [0.15, 0.2) is 17.3 Å². The maximum Gasteiger partial charge on any atom is 0.164 e. The molecule has 0 spiro atoms. The summed E-state index contributed by atoms with van der Waals surface area (Å²) in [4.78, 5) is 24.1. The number of aliphatic imine (C=N–C) groups is 1. The fraction of sp³-hybridized carbons (Fsp3) is 0.167. The number of hydrogen-bond acceptors (Lipinski definition) is 3. The predicted octanol–water partition coefficient (Wildman–Crippen LogP) is 0.113. The quantitative estimate of drug-likeness (QED) is 0.464. The zero-order chi connectivity index (χ0) is 6.69. The molecule has 1 heterocycles. The van der Waals surface area contributed by atoms with Crippen LogP contribution in [0.3, 0.4) is 0 Å². The third-order valence-corrected chi connectivity index (χ3v) is 0.992. The molecule has 1 aliphatic rings. The van der Waals surface area contributed by atoms with Gasteiger partial charge in [-0.2, -0.15) is 0 Å². The van der Waals surface area contributed by atoms with E-state index in [2.05, 4.69) is 4.99 Å². The number of hydrogen-bond donors (Lipinski definition) is 0. The molecule has 3 heteroatoms. The second kappa shape index (κ2) is 2.35. The van der Waals surface area contributed by atoms with Crippen molar-refractivity contribution < 1.29 is 9.59 Å². The van der Waals surface area contributed by atoms with Crippen LogP contribution >= 0.6 is 0 Å². The van der Waals surface area contributed by atoms with Crippen molar-refractivity contribution in [3.05, 3.63) is 12.3 Å². The SMILES string of the molecule is O=CC1=NC=CC(=O)C1. The number of aldehydes is 1. The van der Waals surface area contributed by atoms with Crippen molar-refractivity contribution >= 4 is 17.8 Å². The Morgan fingerprint density at radius 1 is 1.67 bits per heavy atom. The van der Waals surface area contributed by atoms with E-state index >= 15 is 0 Å². The van der Waals surface area contributed by atoms with Gasteiger partial charge in [-0.15, -0.1) is 0 Å². The number of allylic oxidation sites excluding steroid dienone is 1. The van der Waals surface area contributed by atoms with Gasteiger partial charge in [0.1, 0.15) is 0 Å². The highest BCUT2D eigenvalue weighted by Crippen LogP contribution is 1.95. The summed E-state index contributed by atoms with van der Waals surface area (Å²) in [6, 6.07) is 0. The first-order valence-corrected chi connectivity index (χ1v) is 2.54. The maximum absolute atomic E-state index is 10.5. The van der Waals surface area contributed by atoms with E-state index in [1.807, 2.05) is 0 Å². The summed E-state index contributed by atoms with van der Waals surface area (Å²) < 4.78 is 0. The molecular formula is C6H5NO2. The minimum Gasteiger partial charge on any atom is -0.297 e. The van der Waals surface area contributed by atoms with Gasteiger partial charge < -0.3 is 0 Å². The van der Waals surface area contributed by atoms with Gasteiger partial charge in [0.2, 0.25) is 0 Å². The summed E-state index contributed by atoms with van der Waals surface area (Å²) in [7, 11) is 0. The third kappa shape index (κ3) is 1.32. The first kappa shape index (κ1) is 5.88. The summed E-state index contributed by atoms with van der Waals surface area (Å²) in [5, 5.41) is 0. The van der Waals surface area contributed by atoms with Crippen LogP contribution in [0, 0.1) is 0 Å². The summed E-state index contributed by atoms with van der Waals surface area (Å²) in [5.74, 6) is -0.0629. The van der Waals surface area contributed by atoms with Crippen molar-refractivity contribution in [2.75, 3.05) is 0 Å². The van der Waals surface area contributed by atoms with E-state index in [0.717, 1.165) is 0 Å². The Kier molecular flexibility index (Phi) is 1.53. The Bertz CT molecular complexity index is 203. The van der Waals surface area contributed by atoms with Crippen molar-refractivity contribution in [1.82, 2.24) is 0 Å². The lowest BCUT2D eigenvalue weighted by Crippen LogP contribution is -2.09. The standard InChI is InChI=1S/C6H5NO2/c8-4-5-3-6(9)1-2-7-5/h1-2,4H,3H2. The molecule has 0 amide bonds. The first-order chi connectivity index (χ1) is 4.33. The maximum atomic E-state index is 10.5. The average molecular weight is 123 g/mol. The smallest absolute Gasteiger partial charge is 0.164 e. The fourth-order valence-corrected chi connectivity index (χ4v) is 0.571. The number of carbonyl (C=O) groups is 2. The molecule has 46 valence electrons. The van der Waals surface area contributed by atoms with E-state index in [1.165, 1.54) is 12.3 Å². The van der Waals surface area contributed by atoms with Crippen LogP contribution < -0.4 is 0 Å². The van der Waals surface area contributed by atoms with Gasteiger partial charge in [0, 0.05) is 6.20 Å². The fourth-order valence-electron chi connectivity index (χ4n) is 0.571. The molecule has 0 saturated carbocycles. The highest BCUT2D eigenvalue weighted by atomic mass is 16.1. The van der Waals surface area contributed by atoms with E-state index in [1.54, 1.807) is 0 Å². The average Bonchev–Trinajstić information content (AvgIpc) is 1.88. The highest BCUT2D eigenvalue weighted by molar-refractivity contribution is 6.34. The summed E-state index contributed by atoms with van der Waals surface area (Å²) in [6.07, 6.45) is 3.45. The first-order valence-electron chi connectivity index (χ1n) is 2.54. The van der Waals surface area contributed by atoms with E-state index < -0.39 is 0 Å². The Morgan fingerprint density at radius 3 is 2.89 bits per heavy atom. The van der Waals surface area contributed by atoms with Gasteiger partial charge in [0.25, 0.3) is 0 Å². The van der Waals surface area contributed by atoms with Gasteiger partial charge in [0.05, 0.1) is 12.1 Å². The van der Waals surface area contributed by atoms with E-state index in [9.17, 15) is 9.59 Å². The second-order valence-electron chi connectivity index (χ2n) is 1.70. The Morgan fingerprint density at radius 2 is 2.44 bits per heavy atom. The molecule has 0 radical (unpaired) electrons. The lowest BCUT2D eigenvalue weighted by molar-refractivity contribution is -0.114. The van der Waals surface area contributed by atoms with Gasteiger partial charge >= 0.3 is 0 Å². The van der Waals surface area contributed by atoms with Crippen molar-refractivity contribution in [3.8, 4) is 0 Å². The number of ketones is 1. The Hall–Kier alpha value is -1.25. The number of carbonyl (C=O) groups excluding carboxylic acids is 2. The molecule has 0 unspecified atom stereocenters. The van der Waals surface area contributed by atoms with Gasteiger partial charge in [0.15, 0.2) is 12.1 Å². The molecule has 0 N–H and O–H groups in total. The minimum absolute atomic E-state index is 0.0629. The molecule has 0 aromatic rings. The van der Waals surface area contributed by atoms with Crippen LogP contribution in [-0.2, 0) is 9.59 Å². The summed E-state index contributed by atoms with van der Waals surface area (Å²) in [5.41, 5.74) is 0.308. The molecule has 0 saturated heterocycles. The molecule has 0 aliphatic carbocycles. The van der Waals surface area contributed by atoms with Gasteiger partial charge in [-0.05, 0) is 6.08 Å². The van der Waals surface area contributed by atoms with E-state index in [0.29, 0.717) is 12.0 Å². The molecule has 3 nitrogen and oxygen atoms in total.